The van der Waals surface area contributed by atoms with Crippen molar-refractivity contribution < 1.29 is 42.1 Å². The maximum Gasteiger partial charge on any atom is 0.306 e. The van der Waals surface area contributed by atoms with Gasteiger partial charge in [0.1, 0.15) is 19.8 Å². The summed E-state index contributed by atoms with van der Waals surface area (Å²) in [6.45, 7) is 4.02. The summed E-state index contributed by atoms with van der Waals surface area (Å²) in [5, 5.41) is 0. The quantitative estimate of drug-likeness (QED) is 0.0195. The molecule has 10 heteroatoms. The second-order valence-corrected chi connectivity index (χ2v) is 21.0. The van der Waals surface area contributed by atoms with Crippen LogP contribution in [0.15, 0.2) is 97.2 Å². The monoisotopic (exact) mass is 998 g/mol. The summed E-state index contributed by atoms with van der Waals surface area (Å²) < 4.78 is 34.0. The van der Waals surface area contributed by atoms with Gasteiger partial charge in [0.25, 0.3) is 7.82 Å². The molecule has 0 aliphatic rings. The van der Waals surface area contributed by atoms with Gasteiger partial charge in [-0.05, 0) is 83.5 Å². The van der Waals surface area contributed by atoms with E-state index in [4.69, 9.17) is 18.5 Å². The summed E-state index contributed by atoms with van der Waals surface area (Å²) in [6, 6.07) is 0. The number of phosphoric acid groups is 1. The van der Waals surface area contributed by atoms with Crippen LogP contribution in [0.5, 0.6) is 0 Å². The van der Waals surface area contributed by atoms with Crippen LogP contribution >= 0.6 is 7.82 Å². The molecule has 9 nitrogen and oxygen atoms in total. The Kier molecular flexibility index (Phi) is 48.6. The van der Waals surface area contributed by atoms with Crippen LogP contribution < -0.4 is 4.89 Å². The zero-order valence-corrected chi connectivity index (χ0v) is 46.3. The molecule has 0 saturated heterocycles. The molecule has 0 bridgehead atoms. The Morgan fingerprint density at radius 1 is 0.457 bits per heavy atom. The molecule has 402 valence electrons. The first-order chi connectivity index (χ1) is 34.0. The summed E-state index contributed by atoms with van der Waals surface area (Å²) in [4.78, 5) is 37.8. The van der Waals surface area contributed by atoms with Crippen molar-refractivity contribution in [1.82, 2.24) is 0 Å². The molecule has 0 fully saturated rings. The highest BCUT2D eigenvalue weighted by molar-refractivity contribution is 7.45. The minimum absolute atomic E-state index is 0.0487. The average molecular weight is 998 g/mol. The number of carbonyl (C=O) groups is 2. The van der Waals surface area contributed by atoms with Gasteiger partial charge in [-0.3, -0.25) is 14.2 Å². The van der Waals surface area contributed by atoms with Crippen LogP contribution in [0.4, 0.5) is 0 Å². The van der Waals surface area contributed by atoms with E-state index in [1.807, 2.05) is 33.3 Å². The van der Waals surface area contributed by atoms with Crippen molar-refractivity contribution in [1.29, 1.82) is 0 Å². The number of unbranched alkanes of at least 4 members (excludes halogenated alkanes) is 20. The van der Waals surface area contributed by atoms with E-state index in [9.17, 15) is 19.0 Å². The molecule has 0 heterocycles. The maximum absolute atomic E-state index is 12.7. The van der Waals surface area contributed by atoms with E-state index in [0.717, 1.165) is 64.2 Å². The van der Waals surface area contributed by atoms with Crippen LogP contribution in [-0.4, -0.2) is 70.0 Å². The smallest absolute Gasteiger partial charge is 0.306 e. The first kappa shape index (κ1) is 66.9. The highest BCUT2D eigenvalue weighted by atomic mass is 31.2. The molecule has 2 unspecified atom stereocenters. The molecule has 70 heavy (non-hydrogen) atoms. The van der Waals surface area contributed by atoms with Gasteiger partial charge in [-0.15, -0.1) is 0 Å². The van der Waals surface area contributed by atoms with Crippen molar-refractivity contribution in [2.75, 3.05) is 47.5 Å². The maximum atomic E-state index is 12.7. The third kappa shape index (κ3) is 54.3. The van der Waals surface area contributed by atoms with Crippen molar-refractivity contribution in [2.24, 2.45) is 0 Å². The highest BCUT2D eigenvalue weighted by Crippen LogP contribution is 2.38. The zero-order chi connectivity index (χ0) is 51.3. The number of allylic oxidation sites excluding steroid dienone is 16. The number of carbonyl (C=O) groups excluding carboxylic acids is 2. The first-order valence-corrected chi connectivity index (χ1v) is 29.4. The molecular formula is C60H104NO8P. The van der Waals surface area contributed by atoms with Gasteiger partial charge in [-0.2, -0.15) is 0 Å². The fourth-order valence-corrected chi connectivity index (χ4v) is 8.03. The Bertz CT molecular complexity index is 1500. The van der Waals surface area contributed by atoms with Gasteiger partial charge >= 0.3 is 11.9 Å². The molecule has 0 radical (unpaired) electrons. The summed E-state index contributed by atoms with van der Waals surface area (Å²) in [7, 11) is 1.11. The summed E-state index contributed by atoms with van der Waals surface area (Å²) in [5.74, 6) is -0.934. The fourth-order valence-electron chi connectivity index (χ4n) is 7.30. The molecule has 0 saturated carbocycles. The second-order valence-electron chi connectivity index (χ2n) is 19.6. The minimum Gasteiger partial charge on any atom is -0.756 e. The third-order valence-electron chi connectivity index (χ3n) is 11.6. The molecule has 0 aliphatic heterocycles. The van der Waals surface area contributed by atoms with Crippen molar-refractivity contribution in [3.05, 3.63) is 97.2 Å². The number of rotatable bonds is 50. The zero-order valence-electron chi connectivity index (χ0n) is 45.4. The van der Waals surface area contributed by atoms with Crippen LogP contribution in [0, 0.1) is 0 Å². The van der Waals surface area contributed by atoms with Crippen molar-refractivity contribution in [3.8, 4) is 0 Å². The van der Waals surface area contributed by atoms with Gasteiger partial charge in [-0.25, -0.2) is 0 Å². The summed E-state index contributed by atoms with van der Waals surface area (Å²) >= 11 is 0. The summed E-state index contributed by atoms with van der Waals surface area (Å²) in [5.41, 5.74) is 0. The predicted octanol–water partition coefficient (Wildman–Crippen LogP) is 16.6. The molecule has 0 aliphatic carbocycles. The molecule has 0 aromatic carbocycles. The fraction of sp³-hybridized carbons (Fsp3) is 0.700. The Morgan fingerprint density at radius 3 is 1.27 bits per heavy atom. The van der Waals surface area contributed by atoms with E-state index in [1.54, 1.807) is 0 Å². The second kappa shape index (κ2) is 50.9. The van der Waals surface area contributed by atoms with Gasteiger partial charge in [0.2, 0.25) is 0 Å². The average Bonchev–Trinajstić information content (AvgIpc) is 3.32. The van der Waals surface area contributed by atoms with Crippen LogP contribution in [-0.2, 0) is 32.7 Å². The number of ether oxygens (including phenoxy) is 2. The number of hydrogen-bond acceptors (Lipinski definition) is 8. The van der Waals surface area contributed by atoms with E-state index in [0.29, 0.717) is 17.4 Å². The molecule has 2 atom stereocenters. The number of likely N-dealkylation sites (N-methyl/N-ethyl adjacent to an activating group) is 1. The predicted molar refractivity (Wildman–Crippen MR) is 295 cm³/mol. The Morgan fingerprint density at radius 2 is 0.843 bits per heavy atom. The Balaban J connectivity index is 4.24. The van der Waals surface area contributed by atoms with Crippen LogP contribution in [0.25, 0.3) is 0 Å². The SMILES string of the molecule is CC/C=C\C/C=C\C/C=C\C/C=C\C/C=C\C/C=C\CCC(=O)OC(COC(=O)CCCCCCCCCCCCCCCCC/C=C\C/C=C\CCCCCCC)COP(=O)([O-])OCC[N+](C)(C)C. The Hall–Kier alpha value is -3.07. The number of hydrogen-bond donors (Lipinski definition) is 0. The Labute approximate surface area is 430 Å². The highest BCUT2D eigenvalue weighted by Gasteiger charge is 2.21. The minimum atomic E-state index is -4.66. The molecule has 0 amide bonds. The summed E-state index contributed by atoms with van der Waals surface area (Å²) in [6.07, 6.45) is 69.0. The number of esters is 2. The topological polar surface area (TPSA) is 111 Å². The third-order valence-corrected chi connectivity index (χ3v) is 12.6. The first-order valence-electron chi connectivity index (χ1n) is 27.9. The van der Waals surface area contributed by atoms with E-state index in [-0.39, 0.29) is 26.1 Å². The van der Waals surface area contributed by atoms with Gasteiger partial charge in [0, 0.05) is 12.8 Å². The lowest BCUT2D eigenvalue weighted by Crippen LogP contribution is -2.37. The normalized spacial score (nSPS) is 14.1. The largest absolute Gasteiger partial charge is 0.756 e. The van der Waals surface area contributed by atoms with E-state index < -0.39 is 32.5 Å². The molecule has 0 aromatic rings. The molecule has 0 rings (SSSR count). The molecule has 0 N–H and O–H groups in total. The number of phosphoric ester groups is 1. The standard InChI is InChI=1S/C60H104NO8P/c1-6-8-10-12-14-16-18-20-22-24-26-27-28-29-30-31-32-33-35-36-38-40-42-44-46-48-50-52-59(62)66-56-58(57-68-70(64,65)67-55-54-61(3,4)5)69-60(63)53-51-49-47-45-43-41-39-37-34-25-23-21-19-17-15-13-11-9-7-2/h9,11,15,17-18,20-21,23-24,26,34,37,41,43,47,49,58H,6-8,10,12-14,16,19,22,25,27-33,35-36,38-40,42,44-46,48,50-57H2,1-5H3/b11-9-,17-15-,20-18-,23-21-,26-24-,37-34-,43-41-,49-47-. The number of quaternary nitrogens is 1. The van der Waals surface area contributed by atoms with E-state index in [2.05, 4.69) is 98.9 Å². The van der Waals surface area contributed by atoms with E-state index in [1.165, 1.54) is 122 Å². The van der Waals surface area contributed by atoms with Gasteiger partial charge in [0.15, 0.2) is 6.10 Å². The van der Waals surface area contributed by atoms with Crippen LogP contribution in [0.3, 0.4) is 0 Å². The lowest BCUT2D eigenvalue weighted by molar-refractivity contribution is -0.870. The lowest BCUT2D eigenvalue weighted by atomic mass is 10.0. The van der Waals surface area contributed by atoms with Gasteiger partial charge < -0.3 is 27.9 Å². The molecule has 0 spiro atoms. The van der Waals surface area contributed by atoms with Crippen LogP contribution in [0.2, 0.25) is 0 Å². The van der Waals surface area contributed by atoms with Gasteiger partial charge in [-0.1, -0.05) is 220 Å². The van der Waals surface area contributed by atoms with Crippen molar-refractivity contribution in [3.63, 3.8) is 0 Å². The molecular weight excluding hydrogens is 894 g/mol. The number of nitrogens with zero attached hydrogens (tertiary/aromatic N) is 1. The van der Waals surface area contributed by atoms with E-state index >= 15 is 0 Å². The molecule has 0 aromatic heterocycles. The van der Waals surface area contributed by atoms with Crippen molar-refractivity contribution in [2.45, 2.75) is 225 Å². The van der Waals surface area contributed by atoms with Crippen molar-refractivity contribution >= 4 is 19.8 Å². The lowest BCUT2D eigenvalue weighted by Gasteiger charge is -2.28. The van der Waals surface area contributed by atoms with Gasteiger partial charge in [0.05, 0.1) is 27.7 Å². The van der Waals surface area contributed by atoms with Crippen LogP contribution in [0.1, 0.15) is 219 Å².